The van der Waals surface area contributed by atoms with Crippen LogP contribution >= 0.6 is 0 Å². The highest BCUT2D eigenvalue weighted by Crippen LogP contribution is 2.23. The van der Waals surface area contributed by atoms with Crippen LogP contribution in [-0.4, -0.2) is 63.0 Å². The summed E-state index contributed by atoms with van der Waals surface area (Å²) in [5.74, 6) is -0.853. The van der Waals surface area contributed by atoms with Crippen molar-refractivity contribution in [3.8, 4) is 0 Å². The van der Waals surface area contributed by atoms with Crippen LogP contribution in [0, 0.1) is 12.7 Å². The maximum Gasteiger partial charge on any atom is 0.409 e. The third-order valence-electron chi connectivity index (χ3n) is 4.93. The van der Waals surface area contributed by atoms with Crippen LogP contribution in [0.3, 0.4) is 0 Å². The molecule has 2 aromatic rings. The number of hydrogen-bond donors (Lipinski definition) is 1. The number of rotatable bonds is 5. The number of benzene rings is 2. The van der Waals surface area contributed by atoms with Gasteiger partial charge in [0.2, 0.25) is 0 Å². The smallest absolute Gasteiger partial charge is 0.409 e. The predicted octanol–water partition coefficient (Wildman–Crippen LogP) is 2.85. The molecule has 0 aliphatic carbocycles. The van der Waals surface area contributed by atoms with Gasteiger partial charge in [0.25, 0.3) is 15.9 Å². The number of nitrogens with one attached hydrogen (secondary N) is 1. The molecule has 0 radical (unpaired) electrons. The summed E-state index contributed by atoms with van der Waals surface area (Å²) >= 11 is 0. The van der Waals surface area contributed by atoms with Gasteiger partial charge in [0.15, 0.2) is 0 Å². The quantitative estimate of drug-likeness (QED) is 0.757. The maximum absolute atomic E-state index is 13.5. The topological polar surface area (TPSA) is 96.0 Å². The molecule has 2 amide bonds. The van der Waals surface area contributed by atoms with Crippen molar-refractivity contribution in [2.75, 3.05) is 37.5 Å². The molecule has 31 heavy (non-hydrogen) atoms. The van der Waals surface area contributed by atoms with Gasteiger partial charge in [-0.2, -0.15) is 0 Å². The number of ether oxygens (including phenoxy) is 1. The summed E-state index contributed by atoms with van der Waals surface area (Å²) in [7, 11) is -4.02. The van der Waals surface area contributed by atoms with E-state index in [2.05, 4.69) is 4.72 Å². The van der Waals surface area contributed by atoms with Gasteiger partial charge in [0.05, 0.1) is 22.8 Å². The number of para-hydroxylation sites is 1. The van der Waals surface area contributed by atoms with E-state index in [1.165, 1.54) is 36.1 Å². The van der Waals surface area contributed by atoms with Crippen LogP contribution in [0.25, 0.3) is 0 Å². The van der Waals surface area contributed by atoms with E-state index in [0.29, 0.717) is 26.2 Å². The Morgan fingerprint density at radius 2 is 1.71 bits per heavy atom. The van der Waals surface area contributed by atoms with E-state index in [1.54, 1.807) is 24.0 Å². The predicted molar refractivity (Wildman–Crippen MR) is 113 cm³/mol. The van der Waals surface area contributed by atoms with E-state index < -0.39 is 21.9 Å². The van der Waals surface area contributed by atoms with E-state index in [-0.39, 0.29) is 34.2 Å². The van der Waals surface area contributed by atoms with E-state index in [1.807, 2.05) is 0 Å². The van der Waals surface area contributed by atoms with E-state index in [4.69, 9.17) is 4.74 Å². The second-order valence-corrected chi connectivity index (χ2v) is 8.72. The molecule has 0 atom stereocenters. The van der Waals surface area contributed by atoms with Crippen LogP contribution in [-0.2, 0) is 14.8 Å². The zero-order chi connectivity index (χ0) is 22.6. The molecule has 1 saturated heterocycles. The monoisotopic (exact) mass is 449 g/mol. The minimum absolute atomic E-state index is 0.100. The van der Waals surface area contributed by atoms with E-state index in [9.17, 15) is 22.4 Å². The molecular formula is C21H24FN3O5S. The Kier molecular flexibility index (Phi) is 6.79. The minimum atomic E-state index is -4.02. The molecule has 1 heterocycles. The van der Waals surface area contributed by atoms with Crippen molar-refractivity contribution in [1.29, 1.82) is 0 Å². The molecule has 10 heteroatoms. The lowest BCUT2D eigenvalue weighted by atomic mass is 10.1. The molecule has 0 bridgehead atoms. The molecule has 3 rings (SSSR count). The Balaban J connectivity index is 1.77. The van der Waals surface area contributed by atoms with Crippen LogP contribution < -0.4 is 4.72 Å². The largest absolute Gasteiger partial charge is 0.450 e. The fraction of sp³-hybridized carbons (Fsp3) is 0.333. The summed E-state index contributed by atoms with van der Waals surface area (Å²) in [6, 6.07) is 9.78. The highest BCUT2D eigenvalue weighted by atomic mass is 32.2. The Bertz CT molecular complexity index is 1080. The molecule has 1 fully saturated rings. The van der Waals surface area contributed by atoms with Crippen molar-refractivity contribution < 1.29 is 27.1 Å². The molecular weight excluding hydrogens is 425 g/mol. The number of sulfonamides is 1. The van der Waals surface area contributed by atoms with Gasteiger partial charge < -0.3 is 14.5 Å². The van der Waals surface area contributed by atoms with Gasteiger partial charge in [-0.25, -0.2) is 17.6 Å². The van der Waals surface area contributed by atoms with Crippen molar-refractivity contribution in [2.24, 2.45) is 0 Å². The van der Waals surface area contributed by atoms with Crippen molar-refractivity contribution in [3.05, 3.63) is 59.4 Å². The lowest BCUT2D eigenvalue weighted by Gasteiger charge is -2.34. The first-order chi connectivity index (χ1) is 14.7. The Morgan fingerprint density at radius 1 is 1.06 bits per heavy atom. The summed E-state index contributed by atoms with van der Waals surface area (Å²) in [6.07, 6.45) is -0.419. The second kappa shape index (κ2) is 9.34. The molecule has 0 aromatic heterocycles. The average Bonchev–Trinajstić information content (AvgIpc) is 2.75. The first-order valence-electron chi connectivity index (χ1n) is 9.82. The van der Waals surface area contributed by atoms with Crippen LogP contribution in [0.5, 0.6) is 0 Å². The van der Waals surface area contributed by atoms with Crippen molar-refractivity contribution in [3.63, 3.8) is 0 Å². The van der Waals surface area contributed by atoms with E-state index in [0.717, 1.165) is 6.07 Å². The average molecular weight is 450 g/mol. The summed E-state index contributed by atoms with van der Waals surface area (Å²) in [5.41, 5.74) is 0.517. The van der Waals surface area contributed by atoms with Crippen molar-refractivity contribution >= 4 is 27.7 Å². The number of amides is 2. The summed E-state index contributed by atoms with van der Waals surface area (Å²) < 4.78 is 46.5. The lowest BCUT2D eigenvalue weighted by molar-refractivity contribution is 0.0571. The SMILES string of the molecule is CCOC(=O)N1CCN(C(=O)c2ccccc2NS(=O)(=O)c2ccc(F)c(C)c2)CC1. The second-order valence-electron chi connectivity index (χ2n) is 7.04. The first-order valence-corrected chi connectivity index (χ1v) is 11.3. The normalized spacial score (nSPS) is 14.3. The van der Waals surface area contributed by atoms with Crippen LogP contribution in [0.1, 0.15) is 22.8 Å². The molecule has 2 aromatic carbocycles. The number of piperazine rings is 1. The lowest BCUT2D eigenvalue weighted by Crippen LogP contribution is -2.50. The number of aryl methyl sites for hydroxylation is 1. The van der Waals surface area contributed by atoms with Crippen LogP contribution in [0.2, 0.25) is 0 Å². The Morgan fingerprint density at radius 3 is 2.35 bits per heavy atom. The van der Waals surface area contributed by atoms with Gasteiger partial charge in [0, 0.05) is 26.2 Å². The zero-order valence-corrected chi connectivity index (χ0v) is 18.1. The van der Waals surface area contributed by atoms with Gasteiger partial charge in [-0.15, -0.1) is 0 Å². The number of carbonyl (C=O) groups is 2. The van der Waals surface area contributed by atoms with Crippen LogP contribution in [0.15, 0.2) is 47.4 Å². The Labute approximate surface area is 180 Å². The van der Waals surface area contributed by atoms with Crippen molar-refractivity contribution in [1.82, 2.24) is 9.80 Å². The third-order valence-corrected chi connectivity index (χ3v) is 6.30. The molecule has 8 nitrogen and oxygen atoms in total. The van der Waals surface area contributed by atoms with Gasteiger partial charge in [-0.3, -0.25) is 9.52 Å². The highest BCUT2D eigenvalue weighted by Gasteiger charge is 2.27. The van der Waals surface area contributed by atoms with Gasteiger partial charge in [0.1, 0.15) is 5.82 Å². The molecule has 0 spiro atoms. The van der Waals surface area contributed by atoms with Gasteiger partial charge >= 0.3 is 6.09 Å². The van der Waals surface area contributed by atoms with Gasteiger partial charge in [-0.05, 0) is 49.7 Å². The first kappa shape index (κ1) is 22.5. The molecule has 1 aliphatic heterocycles. The fourth-order valence-electron chi connectivity index (χ4n) is 3.22. The molecule has 0 saturated carbocycles. The summed E-state index contributed by atoms with van der Waals surface area (Å²) in [5, 5.41) is 0. The standard InChI is InChI=1S/C21H24FN3O5S/c1-3-30-21(27)25-12-10-24(11-13-25)20(26)17-6-4-5-7-19(17)23-31(28,29)16-8-9-18(22)15(2)14-16/h4-9,14,23H,3,10-13H2,1-2H3. The number of carbonyl (C=O) groups excluding carboxylic acids is 2. The van der Waals surface area contributed by atoms with Crippen LogP contribution in [0.4, 0.5) is 14.9 Å². The van der Waals surface area contributed by atoms with E-state index >= 15 is 0 Å². The number of hydrogen-bond acceptors (Lipinski definition) is 5. The molecule has 0 unspecified atom stereocenters. The Hall–Kier alpha value is -3.14. The molecule has 1 N–H and O–H groups in total. The molecule has 1 aliphatic rings. The van der Waals surface area contributed by atoms with Crippen molar-refractivity contribution in [2.45, 2.75) is 18.7 Å². The highest BCUT2D eigenvalue weighted by molar-refractivity contribution is 7.92. The minimum Gasteiger partial charge on any atom is -0.450 e. The summed E-state index contributed by atoms with van der Waals surface area (Å²) in [4.78, 5) is 27.9. The number of anilines is 1. The van der Waals surface area contributed by atoms with Gasteiger partial charge in [-0.1, -0.05) is 12.1 Å². The molecule has 166 valence electrons. The number of halogens is 1. The summed E-state index contributed by atoms with van der Waals surface area (Å²) in [6.45, 7) is 4.73. The zero-order valence-electron chi connectivity index (χ0n) is 17.3. The fourth-order valence-corrected chi connectivity index (χ4v) is 4.39. The maximum atomic E-state index is 13.5. The third kappa shape index (κ3) is 5.13. The number of nitrogens with zero attached hydrogens (tertiary/aromatic N) is 2.